The highest BCUT2D eigenvalue weighted by molar-refractivity contribution is 6.06. The van der Waals surface area contributed by atoms with E-state index in [-0.39, 0.29) is 31.3 Å². The van der Waals surface area contributed by atoms with Gasteiger partial charge < -0.3 is 20.1 Å². The fourth-order valence-electron chi connectivity index (χ4n) is 4.21. The molecule has 4 rings (SSSR count). The Balaban J connectivity index is 1.64. The Kier molecular flexibility index (Phi) is 9.03. The number of hydrogen-bond acceptors (Lipinski definition) is 5. The molecule has 0 aliphatic rings. The number of methoxy groups -OCH3 is 1. The summed E-state index contributed by atoms with van der Waals surface area (Å²) in [5.74, 6) is -0.914. The van der Waals surface area contributed by atoms with Crippen LogP contribution in [0.5, 0.6) is 5.75 Å². The third-order valence-corrected chi connectivity index (χ3v) is 6.21. The number of nitrogens with zero attached hydrogens (tertiary/aromatic N) is 2. The van der Waals surface area contributed by atoms with Gasteiger partial charge in [-0.3, -0.25) is 19.4 Å². The molecule has 3 aromatic carbocycles. The van der Waals surface area contributed by atoms with Crippen LogP contribution in [0.2, 0.25) is 0 Å². The molecule has 0 fully saturated rings. The number of aromatic nitrogens is 1. The van der Waals surface area contributed by atoms with Crippen LogP contribution >= 0.6 is 0 Å². The van der Waals surface area contributed by atoms with Gasteiger partial charge in [0.25, 0.3) is 11.8 Å². The molecule has 0 aliphatic carbocycles. The number of hydrogen-bond donors (Lipinski definition) is 2. The van der Waals surface area contributed by atoms with E-state index in [1.165, 1.54) is 4.90 Å². The monoisotopic (exact) mass is 523 g/mol. The van der Waals surface area contributed by atoms with Gasteiger partial charge in [0.1, 0.15) is 5.75 Å². The Morgan fingerprint density at radius 1 is 0.846 bits per heavy atom. The Morgan fingerprint density at radius 2 is 1.51 bits per heavy atom. The lowest BCUT2D eigenvalue weighted by atomic mass is 9.94. The summed E-state index contributed by atoms with van der Waals surface area (Å²) in [6.45, 7) is 0.561. The molecule has 2 N–H and O–H groups in total. The van der Waals surface area contributed by atoms with E-state index < -0.39 is 5.97 Å². The second-order valence-electron chi connectivity index (χ2n) is 8.85. The molecule has 4 aromatic rings. The molecule has 8 nitrogen and oxygen atoms in total. The molecular weight excluding hydrogens is 494 g/mol. The average molecular weight is 524 g/mol. The van der Waals surface area contributed by atoms with E-state index in [4.69, 9.17) is 4.74 Å². The molecule has 1 aromatic heterocycles. The summed E-state index contributed by atoms with van der Waals surface area (Å²) in [5, 5.41) is 12.2. The van der Waals surface area contributed by atoms with Gasteiger partial charge in [0, 0.05) is 43.2 Å². The van der Waals surface area contributed by atoms with Gasteiger partial charge >= 0.3 is 5.97 Å². The minimum Gasteiger partial charge on any atom is -0.497 e. The minimum absolute atomic E-state index is 0.0295. The van der Waals surface area contributed by atoms with E-state index in [0.717, 1.165) is 11.1 Å². The number of rotatable bonds is 11. The van der Waals surface area contributed by atoms with Crippen molar-refractivity contribution in [2.24, 2.45) is 0 Å². The average Bonchev–Trinajstić information content (AvgIpc) is 2.98. The van der Waals surface area contributed by atoms with E-state index in [1.54, 1.807) is 74.1 Å². The van der Waals surface area contributed by atoms with Crippen molar-refractivity contribution in [1.82, 2.24) is 15.2 Å². The molecule has 0 saturated heterocycles. The lowest BCUT2D eigenvalue weighted by molar-refractivity contribution is -0.137. The molecule has 0 radical (unpaired) electrons. The summed E-state index contributed by atoms with van der Waals surface area (Å²) in [6, 6.07) is 25.1. The van der Waals surface area contributed by atoms with E-state index in [9.17, 15) is 19.5 Å². The molecule has 39 heavy (non-hydrogen) atoms. The second-order valence-corrected chi connectivity index (χ2v) is 8.85. The van der Waals surface area contributed by atoms with E-state index >= 15 is 0 Å². The smallest absolute Gasteiger partial charge is 0.305 e. The summed E-state index contributed by atoms with van der Waals surface area (Å²) >= 11 is 0. The number of carboxylic acids is 1. The van der Waals surface area contributed by atoms with Crippen molar-refractivity contribution in [1.29, 1.82) is 0 Å². The number of carbonyl (C=O) groups is 3. The Labute approximate surface area is 226 Å². The SMILES string of the molecule is COc1ccc(CN(CCC(=O)O)C(=O)c2ccccc2-c2ccccc2C(=O)NCc2cccnc2)cc1. The van der Waals surface area contributed by atoms with Crippen molar-refractivity contribution in [2.45, 2.75) is 19.5 Å². The highest BCUT2D eigenvalue weighted by Crippen LogP contribution is 2.29. The minimum atomic E-state index is -0.994. The molecule has 0 atom stereocenters. The summed E-state index contributed by atoms with van der Waals surface area (Å²) in [6.07, 6.45) is 3.16. The zero-order valence-electron chi connectivity index (χ0n) is 21.5. The first-order valence-corrected chi connectivity index (χ1v) is 12.5. The largest absolute Gasteiger partial charge is 0.497 e. The van der Waals surface area contributed by atoms with Gasteiger partial charge in [-0.15, -0.1) is 0 Å². The number of ether oxygens (including phenoxy) is 1. The predicted molar refractivity (Wildman–Crippen MR) is 147 cm³/mol. The highest BCUT2D eigenvalue weighted by Gasteiger charge is 2.23. The molecule has 1 heterocycles. The van der Waals surface area contributed by atoms with Gasteiger partial charge in [-0.2, -0.15) is 0 Å². The standard InChI is InChI=1S/C31H29N3O5/c1-39-24-14-12-22(13-15-24)21-34(18-16-29(35)36)31(38)28-11-5-3-9-26(28)25-8-2-4-10-27(25)30(37)33-20-23-7-6-17-32-19-23/h2-15,17,19H,16,18,20-21H2,1H3,(H,33,37)(H,35,36). The van der Waals surface area contributed by atoms with Crippen LogP contribution in [0.3, 0.4) is 0 Å². The molecule has 8 heteroatoms. The topological polar surface area (TPSA) is 109 Å². The Hall–Kier alpha value is -4.98. The van der Waals surface area contributed by atoms with Crippen LogP contribution in [0.25, 0.3) is 11.1 Å². The quantitative estimate of drug-likeness (QED) is 0.292. The number of amides is 2. The zero-order valence-corrected chi connectivity index (χ0v) is 21.5. The van der Waals surface area contributed by atoms with Crippen molar-refractivity contribution < 1.29 is 24.2 Å². The summed E-state index contributed by atoms with van der Waals surface area (Å²) in [5.41, 5.74) is 3.70. The first-order chi connectivity index (χ1) is 19.0. The number of benzene rings is 3. The van der Waals surface area contributed by atoms with Crippen LogP contribution in [0.1, 0.15) is 38.3 Å². The molecule has 0 saturated carbocycles. The lowest BCUT2D eigenvalue weighted by Crippen LogP contribution is -2.33. The summed E-state index contributed by atoms with van der Waals surface area (Å²) in [4.78, 5) is 44.0. The number of aliphatic carboxylic acids is 1. The van der Waals surface area contributed by atoms with Crippen molar-refractivity contribution in [2.75, 3.05) is 13.7 Å². The van der Waals surface area contributed by atoms with Gasteiger partial charge in [0.05, 0.1) is 13.5 Å². The van der Waals surface area contributed by atoms with Crippen molar-refractivity contribution >= 4 is 17.8 Å². The third-order valence-electron chi connectivity index (χ3n) is 6.21. The summed E-state index contributed by atoms with van der Waals surface area (Å²) < 4.78 is 5.21. The van der Waals surface area contributed by atoms with E-state index in [2.05, 4.69) is 10.3 Å². The molecule has 198 valence electrons. The van der Waals surface area contributed by atoms with Crippen LogP contribution in [-0.2, 0) is 17.9 Å². The normalized spacial score (nSPS) is 10.5. The van der Waals surface area contributed by atoms with E-state index in [1.807, 2.05) is 30.3 Å². The van der Waals surface area contributed by atoms with E-state index in [0.29, 0.717) is 34.5 Å². The molecule has 0 spiro atoms. The Morgan fingerprint density at radius 3 is 2.15 bits per heavy atom. The molecule has 0 bridgehead atoms. The maximum absolute atomic E-state index is 13.9. The highest BCUT2D eigenvalue weighted by atomic mass is 16.5. The van der Waals surface area contributed by atoms with Crippen LogP contribution in [0.15, 0.2) is 97.3 Å². The Bertz CT molecular complexity index is 1440. The molecule has 0 unspecified atom stereocenters. The van der Waals surface area contributed by atoms with Gasteiger partial charge in [-0.1, -0.05) is 54.6 Å². The van der Waals surface area contributed by atoms with Gasteiger partial charge in [0.15, 0.2) is 0 Å². The third kappa shape index (κ3) is 7.07. The van der Waals surface area contributed by atoms with Gasteiger partial charge in [0.2, 0.25) is 0 Å². The number of carboxylic acid groups (broad SMARTS) is 1. The maximum Gasteiger partial charge on any atom is 0.305 e. The number of pyridine rings is 1. The molecule has 2 amide bonds. The van der Waals surface area contributed by atoms with Crippen LogP contribution < -0.4 is 10.1 Å². The molecule has 0 aliphatic heterocycles. The van der Waals surface area contributed by atoms with Gasteiger partial charge in [-0.25, -0.2) is 0 Å². The van der Waals surface area contributed by atoms with Gasteiger partial charge in [-0.05, 0) is 52.6 Å². The zero-order chi connectivity index (χ0) is 27.6. The van der Waals surface area contributed by atoms with Crippen LogP contribution in [0, 0.1) is 0 Å². The first-order valence-electron chi connectivity index (χ1n) is 12.5. The first kappa shape index (κ1) is 27.1. The lowest BCUT2D eigenvalue weighted by Gasteiger charge is -2.24. The predicted octanol–water partition coefficient (Wildman–Crippen LogP) is 4.80. The molecular formula is C31H29N3O5. The fraction of sp³-hybridized carbons (Fsp3) is 0.161. The number of nitrogens with one attached hydrogen (secondary N) is 1. The number of carbonyl (C=O) groups excluding carboxylic acids is 2. The maximum atomic E-state index is 13.9. The van der Waals surface area contributed by atoms with Crippen LogP contribution in [-0.4, -0.2) is 46.4 Å². The summed E-state index contributed by atoms with van der Waals surface area (Å²) in [7, 11) is 1.58. The van der Waals surface area contributed by atoms with Crippen molar-refractivity contribution in [3.8, 4) is 16.9 Å². The van der Waals surface area contributed by atoms with Crippen molar-refractivity contribution in [3.63, 3.8) is 0 Å². The fourth-order valence-corrected chi connectivity index (χ4v) is 4.21. The van der Waals surface area contributed by atoms with Crippen molar-refractivity contribution in [3.05, 3.63) is 120 Å². The second kappa shape index (κ2) is 13.0. The van der Waals surface area contributed by atoms with Crippen LogP contribution in [0.4, 0.5) is 0 Å².